The third kappa shape index (κ3) is 1.68. The Labute approximate surface area is 70.0 Å². The Morgan fingerprint density at radius 1 is 1.82 bits per heavy atom. The highest BCUT2D eigenvalue weighted by molar-refractivity contribution is 7.10. The lowest BCUT2D eigenvalue weighted by Gasteiger charge is -2.04. The predicted octanol–water partition coefficient (Wildman–Crippen LogP) is 1.43. The van der Waals surface area contributed by atoms with Crippen LogP contribution in [0.15, 0.2) is 24.1 Å². The second-order valence-corrected chi connectivity index (χ2v) is 3.22. The molecule has 1 rings (SSSR count). The van der Waals surface area contributed by atoms with Crippen molar-refractivity contribution in [2.45, 2.75) is 12.6 Å². The van der Waals surface area contributed by atoms with Crippen LogP contribution in [0.3, 0.4) is 0 Å². The first-order chi connectivity index (χ1) is 5.29. The zero-order chi connectivity index (χ0) is 8.27. The van der Waals surface area contributed by atoms with Gasteiger partial charge in [-0.3, -0.25) is 0 Å². The molecule has 3 heteroatoms. The minimum absolute atomic E-state index is 0.0640. The molecular weight excluding hydrogens is 158 g/mol. The topological polar surface area (TPSA) is 46.2 Å². The Balaban J connectivity index is 2.91. The Kier molecular flexibility index (Phi) is 2.82. The highest BCUT2D eigenvalue weighted by atomic mass is 32.1. The summed E-state index contributed by atoms with van der Waals surface area (Å²) in [6, 6.07) is 1.77. The summed E-state index contributed by atoms with van der Waals surface area (Å²) in [5.41, 5.74) is 6.67. The molecule has 0 saturated heterocycles. The molecule has 0 aromatic carbocycles. The van der Waals surface area contributed by atoms with Crippen molar-refractivity contribution < 1.29 is 5.11 Å². The third-order valence-electron chi connectivity index (χ3n) is 1.54. The average molecular weight is 169 g/mol. The molecule has 11 heavy (non-hydrogen) atoms. The smallest absolute Gasteiger partial charge is 0.0777 e. The van der Waals surface area contributed by atoms with E-state index >= 15 is 0 Å². The zero-order valence-electron chi connectivity index (χ0n) is 6.16. The fraction of sp³-hybridized carbons (Fsp3) is 0.250. The summed E-state index contributed by atoms with van der Waals surface area (Å²) in [5.74, 6) is 0. The molecular formula is C8H11NOS. The predicted molar refractivity (Wildman–Crippen MR) is 47.4 cm³/mol. The lowest BCUT2D eigenvalue weighted by atomic mass is 10.1. The van der Waals surface area contributed by atoms with Gasteiger partial charge in [-0.25, -0.2) is 0 Å². The van der Waals surface area contributed by atoms with E-state index < -0.39 is 0 Å². The lowest BCUT2D eigenvalue weighted by Crippen LogP contribution is -2.07. The summed E-state index contributed by atoms with van der Waals surface area (Å²) in [6.45, 7) is 3.65. The summed E-state index contributed by atoms with van der Waals surface area (Å²) >= 11 is 1.52. The second kappa shape index (κ2) is 3.67. The normalized spacial score (nSPS) is 12.9. The largest absolute Gasteiger partial charge is 0.391 e. The molecule has 0 radical (unpaired) electrons. The summed E-state index contributed by atoms with van der Waals surface area (Å²) in [4.78, 5) is 0.928. The first-order valence-corrected chi connectivity index (χ1v) is 4.22. The van der Waals surface area contributed by atoms with Crippen molar-refractivity contribution in [2.75, 3.05) is 0 Å². The minimum atomic E-state index is -0.150. The first kappa shape index (κ1) is 8.46. The zero-order valence-corrected chi connectivity index (χ0v) is 6.97. The summed E-state index contributed by atoms with van der Waals surface area (Å²) < 4.78 is 0. The highest BCUT2D eigenvalue weighted by Gasteiger charge is 2.07. The van der Waals surface area contributed by atoms with Crippen LogP contribution < -0.4 is 5.73 Å². The van der Waals surface area contributed by atoms with Crippen molar-refractivity contribution in [3.63, 3.8) is 0 Å². The van der Waals surface area contributed by atoms with Gasteiger partial charge in [0.25, 0.3) is 0 Å². The van der Waals surface area contributed by atoms with Crippen molar-refractivity contribution in [1.82, 2.24) is 0 Å². The molecule has 1 aromatic rings. The van der Waals surface area contributed by atoms with E-state index in [0.29, 0.717) is 0 Å². The van der Waals surface area contributed by atoms with Crippen molar-refractivity contribution >= 4 is 11.3 Å². The van der Waals surface area contributed by atoms with E-state index in [0.717, 1.165) is 10.4 Å². The fourth-order valence-electron chi connectivity index (χ4n) is 0.903. The molecule has 1 heterocycles. The Bertz CT molecular complexity index is 244. The Hall–Kier alpha value is -0.640. The maximum atomic E-state index is 8.87. The third-order valence-corrected chi connectivity index (χ3v) is 2.46. The monoisotopic (exact) mass is 169 g/mol. The van der Waals surface area contributed by atoms with Gasteiger partial charge >= 0.3 is 0 Å². The lowest BCUT2D eigenvalue weighted by molar-refractivity contribution is 0.284. The molecule has 0 aliphatic heterocycles. The van der Waals surface area contributed by atoms with Crippen molar-refractivity contribution in [3.05, 3.63) is 34.5 Å². The molecule has 1 atom stereocenters. The van der Waals surface area contributed by atoms with E-state index in [-0.39, 0.29) is 12.6 Å². The quantitative estimate of drug-likeness (QED) is 0.672. The van der Waals surface area contributed by atoms with Gasteiger partial charge in [0.2, 0.25) is 0 Å². The molecule has 1 aromatic heterocycles. The molecule has 3 N–H and O–H groups in total. The van der Waals surface area contributed by atoms with Crippen LogP contribution in [0, 0.1) is 0 Å². The van der Waals surface area contributed by atoms with E-state index in [1.165, 1.54) is 11.3 Å². The highest BCUT2D eigenvalue weighted by Crippen LogP contribution is 2.22. The number of aliphatic hydroxyl groups excluding tert-OH is 1. The average Bonchev–Trinajstić information content (AvgIpc) is 2.50. The molecule has 0 bridgehead atoms. The van der Waals surface area contributed by atoms with Crippen LogP contribution in [-0.4, -0.2) is 5.11 Å². The molecule has 0 amide bonds. The molecule has 0 saturated carbocycles. The number of thiophene rings is 1. The molecule has 2 nitrogen and oxygen atoms in total. The van der Waals surface area contributed by atoms with Crippen LogP contribution in [0.25, 0.3) is 0 Å². The van der Waals surface area contributed by atoms with Crippen molar-refractivity contribution in [3.8, 4) is 0 Å². The summed E-state index contributed by atoms with van der Waals surface area (Å²) in [5, 5.41) is 10.8. The van der Waals surface area contributed by atoms with Crippen LogP contribution in [0.5, 0.6) is 0 Å². The number of aliphatic hydroxyl groups is 1. The second-order valence-electron chi connectivity index (χ2n) is 2.22. The molecule has 0 spiro atoms. The molecule has 0 aliphatic carbocycles. The molecule has 0 fully saturated rings. The van der Waals surface area contributed by atoms with Gasteiger partial charge in [0, 0.05) is 10.9 Å². The van der Waals surface area contributed by atoms with Gasteiger partial charge in [0.05, 0.1) is 6.61 Å². The minimum Gasteiger partial charge on any atom is -0.391 e. The summed E-state index contributed by atoms with van der Waals surface area (Å²) in [6.07, 6.45) is 1.67. The van der Waals surface area contributed by atoms with Crippen LogP contribution in [-0.2, 0) is 6.61 Å². The molecule has 0 aliphatic rings. The van der Waals surface area contributed by atoms with Gasteiger partial charge in [-0.15, -0.1) is 17.9 Å². The van der Waals surface area contributed by atoms with Crippen LogP contribution >= 0.6 is 11.3 Å². The van der Waals surface area contributed by atoms with Crippen LogP contribution in [0.2, 0.25) is 0 Å². The van der Waals surface area contributed by atoms with Gasteiger partial charge < -0.3 is 10.8 Å². The van der Waals surface area contributed by atoms with Gasteiger partial charge in [-0.1, -0.05) is 6.08 Å². The SMILES string of the molecule is C=C[C@@H](N)c1ccsc1CO. The van der Waals surface area contributed by atoms with Gasteiger partial charge in [0.15, 0.2) is 0 Å². The first-order valence-electron chi connectivity index (χ1n) is 3.35. The number of rotatable bonds is 3. The fourth-order valence-corrected chi connectivity index (χ4v) is 1.70. The molecule has 0 unspecified atom stereocenters. The van der Waals surface area contributed by atoms with Crippen molar-refractivity contribution in [2.24, 2.45) is 5.73 Å². The standard InChI is InChI=1S/C8H11NOS/c1-2-7(9)6-3-4-11-8(6)5-10/h2-4,7,10H,1,5,9H2/t7-/m1/s1. The van der Waals surface area contributed by atoms with Crippen LogP contribution in [0.4, 0.5) is 0 Å². The van der Waals surface area contributed by atoms with E-state index in [1.54, 1.807) is 6.08 Å². The van der Waals surface area contributed by atoms with E-state index in [4.69, 9.17) is 10.8 Å². The molecule has 60 valence electrons. The van der Waals surface area contributed by atoms with Gasteiger partial charge in [-0.2, -0.15) is 0 Å². The van der Waals surface area contributed by atoms with E-state index in [9.17, 15) is 0 Å². The number of hydrogen-bond acceptors (Lipinski definition) is 3. The Morgan fingerprint density at radius 2 is 2.55 bits per heavy atom. The van der Waals surface area contributed by atoms with Gasteiger partial charge in [0.1, 0.15) is 0 Å². The maximum absolute atomic E-state index is 8.87. The van der Waals surface area contributed by atoms with Crippen LogP contribution in [0.1, 0.15) is 16.5 Å². The van der Waals surface area contributed by atoms with E-state index in [1.807, 2.05) is 11.4 Å². The van der Waals surface area contributed by atoms with Gasteiger partial charge in [-0.05, 0) is 17.0 Å². The Morgan fingerprint density at radius 3 is 3.09 bits per heavy atom. The maximum Gasteiger partial charge on any atom is 0.0777 e. The number of hydrogen-bond donors (Lipinski definition) is 2. The van der Waals surface area contributed by atoms with E-state index in [2.05, 4.69) is 6.58 Å². The summed E-state index contributed by atoms with van der Waals surface area (Å²) in [7, 11) is 0. The number of nitrogens with two attached hydrogens (primary N) is 1. The van der Waals surface area contributed by atoms with Crippen molar-refractivity contribution in [1.29, 1.82) is 0 Å².